The fourth-order valence-electron chi connectivity index (χ4n) is 7.11. The van der Waals surface area contributed by atoms with Gasteiger partial charge < -0.3 is 14.6 Å². The van der Waals surface area contributed by atoms with Crippen LogP contribution in [0.4, 0.5) is 13.2 Å². The van der Waals surface area contributed by atoms with Crippen LogP contribution in [0.5, 0.6) is 0 Å². The third-order valence-corrected chi connectivity index (χ3v) is 8.73. The monoisotopic (exact) mass is 501 g/mol. The summed E-state index contributed by atoms with van der Waals surface area (Å²) in [6.45, 7) is 5.69. The fraction of sp³-hybridized carbons (Fsp3) is 0.621. The molecule has 1 unspecified atom stereocenters. The number of hydrogen-bond donors (Lipinski definition) is 1. The van der Waals surface area contributed by atoms with Crippen molar-refractivity contribution in [3.63, 3.8) is 0 Å². The number of halogens is 3. The summed E-state index contributed by atoms with van der Waals surface area (Å²) >= 11 is 0. The highest BCUT2D eigenvalue weighted by Crippen LogP contribution is 2.60. The van der Waals surface area contributed by atoms with E-state index in [2.05, 4.69) is 13.8 Å². The van der Waals surface area contributed by atoms with Gasteiger partial charge in [0, 0.05) is 36.0 Å². The third kappa shape index (κ3) is 3.98. The molecule has 2 aliphatic carbocycles. The van der Waals surface area contributed by atoms with Gasteiger partial charge in [-0.2, -0.15) is 13.2 Å². The van der Waals surface area contributed by atoms with Crippen LogP contribution in [0.15, 0.2) is 24.3 Å². The van der Waals surface area contributed by atoms with Gasteiger partial charge in [0.1, 0.15) is 6.10 Å². The second-order valence-electron chi connectivity index (χ2n) is 11.9. The zero-order valence-electron chi connectivity index (χ0n) is 21.0. The molecule has 1 spiro atoms. The van der Waals surface area contributed by atoms with E-state index in [9.17, 15) is 18.3 Å². The first-order valence-electron chi connectivity index (χ1n) is 13.3. The van der Waals surface area contributed by atoms with Crippen LogP contribution in [0.2, 0.25) is 0 Å². The molecule has 6 rings (SSSR count). The second-order valence-corrected chi connectivity index (χ2v) is 11.9. The minimum Gasteiger partial charge on any atom is -0.388 e. The minimum atomic E-state index is -4.38. The Bertz CT molecular complexity index is 1150. The van der Waals surface area contributed by atoms with Gasteiger partial charge in [0.2, 0.25) is 0 Å². The Labute approximate surface area is 210 Å². The molecule has 4 aliphatic rings. The number of aromatic nitrogens is 1. The maximum absolute atomic E-state index is 13.3. The molecule has 0 bridgehead atoms. The van der Waals surface area contributed by atoms with Crippen LogP contribution >= 0.6 is 0 Å². The SMILES string of the molecule is CC1(C)Cc2nc(C3CCOCC3)c3c(c2C(O)C1)C1(CCCC1)O[C@@H]3c1ccc(C(F)(F)F)cc1. The molecule has 1 saturated heterocycles. The molecule has 194 valence electrons. The standard InChI is InChI=1S/C29H34F3NO3/c1-27(2)15-20-22(21(34)16-27)24-23(25(33-20)17-9-13-35-14-10-17)26(36-28(24)11-3-4-12-28)18-5-7-19(8-6-18)29(30,31)32/h5-8,17,21,26,34H,3-4,9-16H2,1-2H3/t21?,26-/m1/s1. The van der Waals surface area contributed by atoms with Crippen molar-refractivity contribution in [3.8, 4) is 0 Å². The molecule has 2 fully saturated rings. The Morgan fingerprint density at radius 1 is 1.00 bits per heavy atom. The second kappa shape index (κ2) is 8.53. The number of alkyl halides is 3. The Morgan fingerprint density at radius 3 is 2.31 bits per heavy atom. The van der Waals surface area contributed by atoms with E-state index in [0.29, 0.717) is 25.2 Å². The smallest absolute Gasteiger partial charge is 0.388 e. The molecule has 7 heteroatoms. The molecule has 1 saturated carbocycles. The average Bonchev–Trinajstić information content (AvgIpc) is 3.43. The highest BCUT2D eigenvalue weighted by atomic mass is 19.4. The van der Waals surface area contributed by atoms with Crippen molar-refractivity contribution in [3.05, 3.63) is 63.5 Å². The first-order chi connectivity index (χ1) is 17.1. The van der Waals surface area contributed by atoms with Gasteiger partial charge in [0.25, 0.3) is 0 Å². The van der Waals surface area contributed by atoms with E-state index in [0.717, 1.165) is 85.2 Å². The van der Waals surface area contributed by atoms with E-state index < -0.39 is 29.5 Å². The molecular weight excluding hydrogens is 467 g/mol. The van der Waals surface area contributed by atoms with Crippen LogP contribution in [0.25, 0.3) is 0 Å². The number of rotatable bonds is 2. The molecule has 2 atom stereocenters. The van der Waals surface area contributed by atoms with Crippen LogP contribution in [-0.2, 0) is 27.7 Å². The van der Waals surface area contributed by atoms with Crippen molar-refractivity contribution in [2.24, 2.45) is 5.41 Å². The average molecular weight is 502 g/mol. The maximum Gasteiger partial charge on any atom is 0.416 e. The van der Waals surface area contributed by atoms with E-state index in [1.165, 1.54) is 0 Å². The summed E-state index contributed by atoms with van der Waals surface area (Å²) in [7, 11) is 0. The van der Waals surface area contributed by atoms with Crippen LogP contribution in [0, 0.1) is 5.41 Å². The largest absolute Gasteiger partial charge is 0.416 e. The zero-order chi connectivity index (χ0) is 25.3. The molecule has 36 heavy (non-hydrogen) atoms. The Hall–Kier alpha value is -1.96. The normalized spacial score (nSPS) is 27.3. The maximum atomic E-state index is 13.3. The van der Waals surface area contributed by atoms with Gasteiger partial charge in [0.15, 0.2) is 0 Å². The lowest BCUT2D eigenvalue weighted by Gasteiger charge is -2.38. The van der Waals surface area contributed by atoms with Crippen molar-refractivity contribution < 1.29 is 27.8 Å². The van der Waals surface area contributed by atoms with Crippen LogP contribution in [0.1, 0.15) is 116 Å². The topological polar surface area (TPSA) is 51.6 Å². The lowest BCUT2D eigenvalue weighted by Crippen LogP contribution is -2.32. The zero-order valence-corrected chi connectivity index (χ0v) is 21.0. The molecule has 1 aromatic carbocycles. The van der Waals surface area contributed by atoms with Crippen LogP contribution in [-0.4, -0.2) is 23.3 Å². The summed E-state index contributed by atoms with van der Waals surface area (Å²) in [6, 6.07) is 5.40. The molecule has 1 aromatic heterocycles. The van der Waals surface area contributed by atoms with E-state index >= 15 is 0 Å². The van der Waals surface area contributed by atoms with Gasteiger partial charge in [-0.25, -0.2) is 0 Å². The molecule has 2 aromatic rings. The molecule has 0 radical (unpaired) electrons. The number of fused-ring (bicyclic) bond motifs is 4. The lowest BCUT2D eigenvalue weighted by molar-refractivity contribution is -0.137. The highest BCUT2D eigenvalue weighted by molar-refractivity contribution is 5.54. The minimum absolute atomic E-state index is 0.0598. The molecule has 4 nitrogen and oxygen atoms in total. The Morgan fingerprint density at radius 2 is 1.67 bits per heavy atom. The first-order valence-corrected chi connectivity index (χ1v) is 13.3. The van der Waals surface area contributed by atoms with Gasteiger partial charge >= 0.3 is 6.18 Å². The fourth-order valence-corrected chi connectivity index (χ4v) is 7.11. The van der Waals surface area contributed by atoms with Crippen molar-refractivity contribution in [2.75, 3.05) is 13.2 Å². The van der Waals surface area contributed by atoms with Gasteiger partial charge in [0.05, 0.1) is 23.0 Å². The number of benzene rings is 1. The van der Waals surface area contributed by atoms with Gasteiger partial charge in [-0.05, 0) is 67.2 Å². The predicted octanol–water partition coefficient (Wildman–Crippen LogP) is 6.89. The predicted molar refractivity (Wildman–Crippen MR) is 129 cm³/mol. The Kier molecular flexibility index (Phi) is 5.78. The summed E-state index contributed by atoms with van der Waals surface area (Å²) in [5.41, 5.74) is 4.48. The summed E-state index contributed by atoms with van der Waals surface area (Å²) in [4.78, 5) is 5.27. The Balaban J connectivity index is 1.57. The van der Waals surface area contributed by atoms with Crippen LogP contribution < -0.4 is 0 Å². The number of aliphatic hydroxyl groups excluding tert-OH is 1. The first kappa shape index (κ1) is 24.4. The third-order valence-electron chi connectivity index (χ3n) is 8.73. The van der Waals surface area contributed by atoms with Gasteiger partial charge in [-0.1, -0.05) is 38.8 Å². The van der Waals surface area contributed by atoms with E-state index in [1.54, 1.807) is 12.1 Å². The summed E-state index contributed by atoms with van der Waals surface area (Å²) < 4.78 is 52.5. The van der Waals surface area contributed by atoms with Gasteiger partial charge in [-0.15, -0.1) is 0 Å². The summed E-state index contributed by atoms with van der Waals surface area (Å²) in [5.74, 6) is 0.206. The van der Waals surface area contributed by atoms with Crippen molar-refractivity contribution in [2.45, 2.75) is 95.1 Å². The highest BCUT2D eigenvalue weighted by Gasteiger charge is 2.53. The van der Waals surface area contributed by atoms with Crippen LogP contribution in [0.3, 0.4) is 0 Å². The number of hydrogen-bond acceptors (Lipinski definition) is 4. The number of nitrogens with zero attached hydrogens (tertiary/aromatic N) is 1. The summed E-state index contributed by atoms with van der Waals surface area (Å²) in [6.07, 6.45) is 1.45. The molecule has 1 N–H and O–H groups in total. The van der Waals surface area contributed by atoms with E-state index in [1.807, 2.05) is 0 Å². The summed E-state index contributed by atoms with van der Waals surface area (Å²) in [5, 5.41) is 11.4. The molecular formula is C29H34F3NO3. The number of pyridine rings is 1. The van der Waals surface area contributed by atoms with Gasteiger partial charge in [-0.3, -0.25) is 4.98 Å². The van der Waals surface area contributed by atoms with E-state index in [-0.39, 0.29) is 11.3 Å². The van der Waals surface area contributed by atoms with Crippen molar-refractivity contribution in [1.82, 2.24) is 4.98 Å². The number of aliphatic hydroxyl groups is 1. The molecule has 2 aliphatic heterocycles. The van der Waals surface area contributed by atoms with E-state index in [4.69, 9.17) is 14.5 Å². The molecule has 3 heterocycles. The lowest BCUT2D eigenvalue weighted by atomic mass is 9.70. The quantitative estimate of drug-likeness (QED) is 0.487. The van der Waals surface area contributed by atoms with Crippen molar-refractivity contribution >= 4 is 0 Å². The molecule has 0 amide bonds. The van der Waals surface area contributed by atoms with Crippen molar-refractivity contribution in [1.29, 1.82) is 0 Å². The number of ether oxygens (including phenoxy) is 2.